The fourth-order valence-electron chi connectivity index (χ4n) is 2.66. The zero-order valence-electron chi connectivity index (χ0n) is 17.9. The van der Waals surface area contributed by atoms with Crippen molar-refractivity contribution < 1.29 is 85.1 Å². The predicted molar refractivity (Wildman–Crippen MR) is 109 cm³/mol. The van der Waals surface area contributed by atoms with Crippen LogP contribution < -0.4 is 69.7 Å². The summed E-state index contributed by atoms with van der Waals surface area (Å²) in [6.45, 7) is 1.69. The summed E-state index contributed by atoms with van der Waals surface area (Å²) in [6.07, 6.45) is 0. The van der Waals surface area contributed by atoms with Gasteiger partial charge in [-0.15, -0.1) is 0 Å². The molecule has 14 heteroatoms. The van der Waals surface area contributed by atoms with Gasteiger partial charge < -0.3 is 19.7 Å². The molecule has 0 aliphatic rings. The van der Waals surface area contributed by atoms with Crippen molar-refractivity contribution in [1.82, 2.24) is 4.98 Å². The molecule has 0 unspecified atom stereocenters. The van der Waals surface area contributed by atoms with Crippen LogP contribution in [0.5, 0.6) is 0 Å². The molecule has 1 aromatic heterocycles. The van der Waals surface area contributed by atoms with Crippen LogP contribution >= 0.6 is 0 Å². The Morgan fingerprint density at radius 2 is 1.24 bits per heavy atom. The monoisotopic (exact) mass is 504 g/mol. The van der Waals surface area contributed by atoms with E-state index in [0.29, 0.717) is 22.8 Å². The number of rotatable bonds is 6. The van der Waals surface area contributed by atoms with Gasteiger partial charge in [-0.2, -0.15) is 5.26 Å². The van der Waals surface area contributed by atoms with E-state index in [9.17, 15) is 31.2 Å². The number of aromatic nitrogens is 1. The number of nitrogens with zero attached hydrogens (tertiary/aromatic N) is 2. The topological polar surface area (TPSA) is 175 Å². The molecule has 2 aromatic carbocycles. The van der Waals surface area contributed by atoms with Gasteiger partial charge in [0.25, 0.3) is 0 Å². The largest absolute Gasteiger partial charge is 1.00 e. The number of hydrogen-bond acceptors (Lipinski definition) is 10. The third-order valence-corrected chi connectivity index (χ3v) is 5.85. The normalized spacial score (nSPS) is 10.8. The molecular formula is C19H14N4Na2O6S2. The first-order valence-electron chi connectivity index (χ1n) is 8.55. The summed E-state index contributed by atoms with van der Waals surface area (Å²) in [5, 5.41) is 15.3. The van der Waals surface area contributed by atoms with Crippen LogP contribution in [-0.2, 0) is 20.2 Å². The van der Waals surface area contributed by atoms with Crippen molar-refractivity contribution in [1.29, 1.82) is 5.26 Å². The van der Waals surface area contributed by atoms with Crippen LogP contribution in [0, 0.1) is 18.3 Å². The fourth-order valence-corrected chi connectivity index (χ4v) is 3.60. The fraction of sp³-hybridized carbons (Fsp3) is 0.0526. The second-order valence-electron chi connectivity index (χ2n) is 6.37. The summed E-state index contributed by atoms with van der Waals surface area (Å²) in [6, 6.07) is 13.8. The summed E-state index contributed by atoms with van der Waals surface area (Å²) < 4.78 is 66.3. The Labute approximate surface area is 235 Å². The summed E-state index contributed by atoms with van der Waals surface area (Å²) in [5.74, 6) is 0.511. The van der Waals surface area contributed by atoms with Crippen molar-refractivity contribution in [2.45, 2.75) is 16.7 Å². The van der Waals surface area contributed by atoms with E-state index in [1.807, 2.05) is 6.07 Å². The minimum atomic E-state index is -4.58. The van der Waals surface area contributed by atoms with E-state index in [-0.39, 0.29) is 80.3 Å². The van der Waals surface area contributed by atoms with Crippen LogP contribution in [0.1, 0.15) is 11.1 Å². The average molecular weight is 504 g/mol. The van der Waals surface area contributed by atoms with Crippen molar-refractivity contribution >= 4 is 43.2 Å². The van der Waals surface area contributed by atoms with Gasteiger partial charge in [0, 0.05) is 11.4 Å². The molecule has 0 saturated carbocycles. The molecule has 160 valence electrons. The molecule has 3 rings (SSSR count). The van der Waals surface area contributed by atoms with Crippen LogP contribution in [0.15, 0.2) is 64.4 Å². The Hall–Kier alpha value is -1.50. The Bertz CT molecular complexity index is 1390. The average Bonchev–Trinajstić information content (AvgIpc) is 2.67. The van der Waals surface area contributed by atoms with Gasteiger partial charge in [0.15, 0.2) is 5.82 Å². The maximum atomic E-state index is 11.1. The first-order chi connectivity index (χ1) is 14.5. The molecule has 0 fully saturated rings. The van der Waals surface area contributed by atoms with Gasteiger partial charge in [-0.1, -0.05) is 0 Å². The number of benzene rings is 2. The Balaban J connectivity index is 0.00000272. The van der Waals surface area contributed by atoms with E-state index in [0.717, 1.165) is 24.3 Å². The molecule has 0 atom stereocenters. The van der Waals surface area contributed by atoms with Crippen molar-refractivity contribution in [3.05, 3.63) is 65.7 Å². The maximum Gasteiger partial charge on any atom is 1.00 e. The van der Waals surface area contributed by atoms with Gasteiger partial charge in [0.2, 0.25) is 0 Å². The number of hydrogen-bond donors (Lipinski definition) is 2. The molecule has 1 heterocycles. The third kappa shape index (κ3) is 7.76. The maximum absolute atomic E-state index is 11.1. The van der Waals surface area contributed by atoms with Crippen LogP contribution in [0.3, 0.4) is 0 Å². The molecule has 0 bridgehead atoms. The molecular weight excluding hydrogens is 490 g/mol. The molecule has 0 aliphatic carbocycles. The standard InChI is InChI=1S/C19H16N4O6S2.2Na/c1-12-10-18(21-13-2-6-15(7-3-13)30(24,25)26)23-19(17(12)11-20)22-14-4-8-16(9-5-14)31(27,28)29;;/h2-10H,1H3,(H2,21,22,23)(H,24,25,26)(H,27,28,29);;/q;2*+1/p-2. The number of anilines is 4. The van der Waals surface area contributed by atoms with E-state index >= 15 is 0 Å². The summed E-state index contributed by atoms with van der Waals surface area (Å²) >= 11 is 0. The third-order valence-electron chi connectivity index (χ3n) is 4.15. The van der Waals surface area contributed by atoms with Gasteiger partial charge in [0.1, 0.15) is 32.1 Å². The number of pyridine rings is 1. The number of nitrogens with one attached hydrogen (secondary N) is 2. The van der Waals surface area contributed by atoms with Crippen LogP contribution in [0.4, 0.5) is 23.0 Å². The smallest absolute Gasteiger partial charge is 0.744 e. The minimum Gasteiger partial charge on any atom is -0.744 e. The van der Waals surface area contributed by atoms with Crippen molar-refractivity contribution in [3.63, 3.8) is 0 Å². The van der Waals surface area contributed by atoms with Gasteiger partial charge in [0.05, 0.1) is 15.4 Å². The molecule has 33 heavy (non-hydrogen) atoms. The number of nitriles is 1. The van der Waals surface area contributed by atoms with Crippen molar-refractivity contribution in [2.24, 2.45) is 0 Å². The zero-order chi connectivity index (χ0) is 22.8. The SMILES string of the molecule is Cc1cc(Nc2ccc(S(=O)(=O)[O-])cc2)nc(Nc2ccc(S(=O)(=O)[O-])cc2)c1C#N.[Na+].[Na+]. The number of aryl methyl sites for hydroxylation is 1. The molecule has 0 aliphatic heterocycles. The first-order valence-corrected chi connectivity index (χ1v) is 11.4. The molecule has 2 N–H and O–H groups in total. The second-order valence-corrected chi connectivity index (χ2v) is 9.13. The molecule has 0 amide bonds. The molecule has 0 spiro atoms. The minimum absolute atomic E-state index is 0. The van der Waals surface area contributed by atoms with E-state index in [1.165, 1.54) is 24.3 Å². The Morgan fingerprint density at radius 3 is 1.64 bits per heavy atom. The van der Waals surface area contributed by atoms with E-state index in [1.54, 1.807) is 13.0 Å². The quantitative estimate of drug-likeness (QED) is 0.254. The molecule has 10 nitrogen and oxygen atoms in total. The predicted octanol–water partition coefficient (Wildman–Crippen LogP) is -3.43. The van der Waals surface area contributed by atoms with Gasteiger partial charge in [-0.3, -0.25) is 0 Å². The van der Waals surface area contributed by atoms with Crippen molar-refractivity contribution in [2.75, 3.05) is 10.6 Å². The van der Waals surface area contributed by atoms with Crippen molar-refractivity contribution in [3.8, 4) is 6.07 Å². The summed E-state index contributed by atoms with van der Waals surface area (Å²) in [5.41, 5.74) is 1.69. The molecule has 3 aromatic rings. The zero-order valence-corrected chi connectivity index (χ0v) is 23.5. The molecule has 0 radical (unpaired) electrons. The van der Waals surface area contributed by atoms with Gasteiger partial charge in [-0.25, -0.2) is 21.8 Å². The first kappa shape index (κ1) is 29.5. The van der Waals surface area contributed by atoms with Crippen LogP contribution in [-0.4, -0.2) is 30.9 Å². The summed E-state index contributed by atoms with van der Waals surface area (Å²) in [7, 11) is -9.14. The summed E-state index contributed by atoms with van der Waals surface area (Å²) in [4.78, 5) is 3.58. The van der Waals surface area contributed by atoms with Crippen LogP contribution in [0.2, 0.25) is 0 Å². The second kappa shape index (κ2) is 11.8. The van der Waals surface area contributed by atoms with Gasteiger partial charge >= 0.3 is 59.1 Å². The van der Waals surface area contributed by atoms with Crippen LogP contribution in [0.25, 0.3) is 0 Å². The van der Waals surface area contributed by atoms with Gasteiger partial charge in [-0.05, 0) is 67.1 Å². The van der Waals surface area contributed by atoms with E-state index < -0.39 is 20.2 Å². The Morgan fingerprint density at radius 1 is 0.818 bits per heavy atom. The molecule has 0 saturated heterocycles. The Kier molecular flexibility index (Phi) is 10.5. The van der Waals surface area contributed by atoms with E-state index in [2.05, 4.69) is 15.6 Å². The van der Waals surface area contributed by atoms with E-state index in [4.69, 9.17) is 0 Å².